The van der Waals surface area contributed by atoms with E-state index in [1.165, 1.54) is 0 Å². The lowest BCUT2D eigenvalue weighted by molar-refractivity contribution is -0.275. The third-order valence-electron chi connectivity index (χ3n) is 4.78. The Morgan fingerprint density at radius 2 is 1.62 bits per heavy atom. The zero-order chi connectivity index (χ0) is 25.1. The summed E-state index contributed by atoms with van der Waals surface area (Å²) in [6.45, 7) is 2.67. The molecule has 3 rings (SSSR count). The molecule has 0 saturated heterocycles. The van der Waals surface area contributed by atoms with Gasteiger partial charge in [0.05, 0.1) is 5.56 Å². The normalized spacial score (nSPS) is 12.4. The van der Waals surface area contributed by atoms with Crippen molar-refractivity contribution in [1.82, 2.24) is 0 Å². The van der Waals surface area contributed by atoms with E-state index in [-0.39, 0.29) is 11.3 Å². The van der Waals surface area contributed by atoms with Gasteiger partial charge in [-0.05, 0) is 42.8 Å². The molecule has 0 bridgehead atoms. The van der Waals surface area contributed by atoms with Crippen LogP contribution in [0, 0.1) is 0 Å². The second kappa shape index (κ2) is 9.51. The predicted octanol–water partition coefficient (Wildman–Crippen LogP) is 5.10. The Morgan fingerprint density at radius 3 is 2.29 bits per heavy atom. The molecule has 0 amide bonds. The SMILES string of the molecule is CC(C)(Oc1cc(C(=O)OCCS(=O)(=O)O)ccc1OC(F)(F)F)c1cccc2ccccc12. The summed E-state index contributed by atoms with van der Waals surface area (Å²) in [4.78, 5) is 12.3. The molecule has 1 N–H and O–H groups in total. The molecule has 0 aliphatic heterocycles. The summed E-state index contributed by atoms with van der Waals surface area (Å²) in [7, 11) is -4.36. The number of alkyl halides is 3. The predicted molar refractivity (Wildman–Crippen MR) is 117 cm³/mol. The van der Waals surface area contributed by atoms with Crippen molar-refractivity contribution in [3.8, 4) is 11.5 Å². The zero-order valence-corrected chi connectivity index (χ0v) is 18.9. The first-order valence-corrected chi connectivity index (χ1v) is 11.6. The molecule has 0 spiro atoms. The molecule has 3 aromatic carbocycles. The van der Waals surface area contributed by atoms with Gasteiger partial charge in [-0.15, -0.1) is 13.2 Å². The molecule has 0 aliphatic rings. The summed E-state index contributed by atoms with van der Waals surface area (Å²) in [5.41, 5.74) is -0.670. The highest BCUT2D eigenvalue weighted by atomic mass is 32.2. The first-order chi connectivity index (χ1) is 15.8. The minimum atomic E-state index is -5.01. The lowest BCUT2D eigenvalue weighted by Crippen LogP contribution is -2.27. The molecular formula is C23H21F3O7S. The minimum Gasteiger partial charge on any atom is -0.479 e. The van der Waals surface area contributed by atoms with E-state index < -0.39 is 46.2 Å². The number of carbonyl (C=O) groups excluding carboxylic acids is 1. The van der Waals surface area contributed by atoms with E-state index in [1.807, 2.05) is 30.3 Å². The third-order valence-corrected chi connectivity index (χ3v) is 5.47. The zero-order valence-electron chi connectivity index (χ0n) is 18.1. The fraction of sp³-hybridized carbons (Fsp3) is 0.261. The molecule has 11 heteroatoms. The standard InChI is InChI=1S/C23H21F3O7S/c1-22(2,18-9-5-7-15-6-3-4-8-17(15)18)32-20-14-16(10-11-19(20)33-23(24,25)26)21(27)31-12-13-34(28,29)30/h3-11,14H,12-13H2,1-2H3,(H,28,29,30). The number of hydrogen-bond donors (Lipinski definition) is 1. The summed E-state index contributed by atoms with van der Waals surface area (Å²) in [5.74, 6) is -2.89. The van der Waals surface area contributed by atoms with E-state index in [0.29, 0.717) is 5.56 Å². The molecule has 0 radical (unpaired) electrons. The number of halogens is 3. The van der Waals surface area contributed by atoms with Crippen LogP contribution in [-0.4, -0.2) is 37.7 Å². The van der Waals surface area contributed by atoms with Gasteiger partial charge in [-0.25, -0.2) is 4.79 Å². The van der Waals surface area contributed by atoms with Crippen molar-refractivity contribution in [1.29, 1.82) is 0 Å². The largest absolute Gasteiger partial charge is 0.573 e. The Balaban J connectivity index is 1.96. The summed E-state index contributed by atoms with van der Waals surface area (Å²) < 4.78 is 84.0. The quantitative estimate of drug-likeness (QED) is 0.341. The van der Waals surface area contributed by atoms with Crippen LogP contribution in [0.25, 0.3) is 10.8 Å². The van der Waals surface area contributed by atoms with Crippen molar-refractivity contribution < 1.29 is 45.1 Å². The van der Waals surface area contributed by atoms with E-state index >= 15 is 0 Å². The van der Waals surface area contributed by atoms with E-state index in [2.05, 4.69) is 4.74 Å². The monoisotopic (exact) mass is 498 g/mol. The van der Waals surface area contributed by atoms with Crippen LogP contribution in [0.1, 0.15) is 29.8 Å². The van der Waals surface area contributed by atoms with Crippen molar-refractivity contribution in [3.05, 3.63) is 71.8 Å². The fourth-order valence-corrected chi connectivity index (χ4v) is 3.62. The van der Waals surface area contributed by atoms with Crippen LogP contribution in [-0.2, 0) is 20.5 Å². The molecular weight excluding hydrogens is 477 g/mol. The average molecular weight is 498 g/mol. The van der Waals surface area contributed by atoms with Crippen molar-refractivity contribution >= 4 is 26.9 Å². The van der Waals surface area contributed by atoms with Gasteiger partial charge >= 0.3 is 12.3 Å². The van der Waals surface area contributed by atoms with Crippen LogP contribution in [0.3, 0.4) is 0 Å². The molecule has 3 aromatic rings. The highest BCUT2D eigenvalue weighted by Crippen LogP contribution is 2.39. The van der Waals surface area contributed by atoms with Gasteiger partial charge in [0.25, 0.3) is 10.1 Å². The van der Waals surface area contributed by atoms with Crippen LogP contribution in [0.5, 0.6) is 11.5 Å². The second-order valence-corrected chi connectivity index (χ2v) is 9.34. The Morgan fingerprint density at radius 1 is 0.941 bits per heavy atom. The molecule has 34 heavy (non-hydrogen) atoms. The maximum absolute atomic E-state index is 13.0. The number of benzene rings is 3. The highest BCUT2D eigenvalue weighted by molar-refractivity contribution is 7.85. The van der Waals surface area contributed by atoms with Crippen LogP contribution in [0.15, 0.2) is 60.7 Å². The number of esters is 1. The number of fused-ring (bicyclic) bond motifs is 1. The van der Waals surface area contributed by atoms with Crippen LogP contribution >= 0.6 is 0 Å². The van der Waals surface area contributed by atoms with Crippen molar-refractivity contribution in [2.45, 2.75) is 25.8 Å². The van der Waals surface area contributed by atoms with Gasteiger partial charge in [0.2, 0.25) is 0 Å². The number of ether oxygens (including phenoxy) is 3. The van der Waals surface area contributed by atoms with Gasteiger partial charge < -0.3 is 14.2 Å². The van der Waals surface area contributed by atoms with Crippen molar-refractivity contribution in [2.75, 3.05) is 12.4 Å². The number of rotatable bonds is 8. The second-order valence-electron chi connectivity index (χ2n) is 7.77. The molecule has 0 atom stereocenters. The average Bonchev–Trinajstić information content (AvgIpc) is 2.72. The maximum atomic E-state index is 13.0. The van der Waals surface area contributed by atoms with Gasteiger partial charge in [0.15, 0.2) is 11.5 Å². The summed E-state index contributed by atoms with van der Waals surface area (Å²) in [5, 5.41) is 1.73. The van der Waals surface area contributed by atoms with E-state index in [4.69, 9.17) is 14.0 Å². The molecule has 0 fully saturated rings. The topological polar surface area (TPSA) is 99.1 Å². The smallest absolute Gasteiger partial charge is 0.479 e. The lowest BCUT2D eigenvalue weighted by atomic mass is 9.92. The Kier molecular flexibility index (Phi) is 7.08. The first kappa shape index (κ1) is 25.3. The van der Waals surface area contributed by atoms with Crippen LogP contribution < -0.4 is 9.47 Å². The van der Waals surface area contributed by atoms with Crippen molar-refractivity contribution in [2.24, 2.45) is 0 Å². The van der Waals surface area contributed by atoms with E-state index in [1.54, 1.807) is 26.0 Å². The van der Waals surface area contributed by atoms with Gasteiger partial charge in [-0.1, -0.05) is 42.5 Å². The van der Waals surface area contributed by atoms with Gasteiger partial charge in [-0.3, -0.25) is 4.55 Å². The third kappa shape index (κ3) is 6.61. The van der Waals surface area contributed by atoms with E-state index in [9.17, 15) is 26.4 Å². The Bertz CT molecular complexity index is 1300. The minimum absolute atomic E-state index is 0.200. The maximum Gasteiger partial charge on any atom is 0.573 e. The Labute approximate surface area is 193 Å². The molecule has 0 aliphatic carbocycles. The van der Waals surface area contributed by atoms with Crippen LogP contribution in [0.2, 0.25) is 0 Å². The number of hydrogen-bond acceptors (Lipinski definition) is 6. The Hall–Kier alpha value is -3.31. The van der Waals surface area contributed by atoms with E-state index in [0.717, 1.165) is 29.0 Å². The summed E-state index contributed by atoms with van der Waals surface area (Å²) in [6.07, 6.45) is -5.01. The molecule has 182 valence electrons. The van der Waals surface area contributed by atoms with Crippen molar-refractivity contribution in [3.63, 3.8) is 0 Å². The summed E-state index contributed by atoms with van der Waals surface area (Å²) in [6, 6.07) is 15.8. The molecule has 7 nitrogen and oxygen atoms in total. The molecule has 0 unspecified atom stereocenters. The van der Waals surface area contributed by atoms with Gasteiger partial charge in [0.1, 0.15) is 18.0 Å². The van der Waals surface area contributed by atoms with Gasteiger partial charge in [-0.2, -0.15) is 8.42 Å². The summed E-state index contributed by atoms with van der Waals surface area (Å²) >= 11 is 0. The molecule has 0 aromatic heterocycles. The lowest BCUT2D eigenvalue weighted by Gasteiger charge is -2.29. The fourth-order valence-electron chi connectivity index (χ4n) is 3.33. The number of carbonyl (C=O) groups is 1. The molecule has 0 saturated carbocycles. The van der Waals surface area contributed by atoms with Crippen LogP contribution in [0.4, 0.5) is 13.2 Å². The highest BCUT2D eigenvalue weighted by Gasteiger charge is 2.34. The van der Waals surface area contributed by atoms with Gasteiger partial charge in [0, 0.05) is 5.56 Å². The first-order valence-electron chi connectivity index (χ1n) is 9.94. The molecule has 0 heterocycles.